The smallest absolute Gasteiger partial charge is 0.273 e. The highest BCUT2D eigenvalue weighted by Crippen LogP contribution is 2.33. The molecule has 6 nitrogen and oxygen atoms in total. The lowest BCUT2D eigenvalue weighted by molar-refractivity contribution is 0.0915. The Balaban J connectivity index is 1.41. The Bertz CT molecular complexity index is 937. The van der Waals surface area contributed by atoms with E-state index < -0.39 is 0 Å². The van der Waals surface area contributed by atoms with Gasteiger partial charge in [-0.1, -0.05) is 60.5 Å². The number of hydrogen-bond acceptors (Lipinski definition) is 4. The molecule has 0 spiro atoms. The van der Waals surface area contributed by atoms with Crippen LogP contribution in [0.25, 0.3) is 0 Å². The molecule has 3 aromatic rings. The van der Waals surface area contributed by atoms with Crippen LogP contribution >= 0.6 is 0 Å². The van der Waals surface area contributed by atoms with Crippen LogP contribution in [0.4, 0.5) is 0 Å². The first kappa shape index (κ1) is 19.2. The molecule has 29 heavy (non-hydrogen) atoms. The molecule has 1 N–H and O–H groups in total. The van der Waals surface area contributed by atoms with Crippen molar-refractivity contribution in [1.82, 2.24) is 20.3 Å². The molecule has 1 saturated carbocycles. The molecule has 0 aliphatic heterocycles. The van der Waals surface area contributed by atoms with Crippen molar-refractivity contribution < 1.29 is 9.53 Å². The van der Waals surface area contributed by atoms with E-state index >= 15 is 0 Å². The summed E-state index contributed by atoms with van der Waals surface area (Å²) in [5, 5.41) is 11.4. The number of nitrogens with zero attached hydrogens (tertiary/aromatic N) is 3. The predicted molar refractivity (Wildman–Crippen MR) is 111 cm³/mol. The molecular weight excluding hydrogens is 364 g/mol. The van der Waals surface area contributed by atoms with Crippen LogP contribution in [-0.4, -0.2) is 34.1 Å². The summed E-state index contributed by atoms with van der Waals surface area (Å²) in [5.41, 5.74) is 2.72. The summed E-state index contributed by atoms with van der Waals surface area (Å²) < 4.78 is 6.87. The molecule has 1 heterocycles. The van der Waals surface area contributed by atoms with Crippen molar-refractivity contribution in [3.05, 3.63) is 77.6 Å². The zero-order chi connectivity index (χ0) is 20.1. The highest BCUT2D eigenvalue weighted by molar-refractivity contribution is 5.92. The zero-order valence-corrected chi connectivity index (χ0v) is 16.6. The van der Waals surface area contributed by atoms with Gasteiger partial charge >= 0.3 is 0 Å². The van der Waals surface area contributed by atoms with Crippen molar-refractivity contribution >= 4 is 5.91 Å². The largest absolute Gasteiger partial charge is 0.497 e. The summed E-state index contributed by atoms with van der Waals surface area (Å²) in [4.78, 5) is 12.8. The van der Waals surface area contributed by atoms with Crippen molar-refractivity contribution in [2.24, 2.45) is 0 Å². The number of carbonyl (C=O) groups excluding carboxylic acids is 1. The average molecular weight is 390 g/mol. The molecule has 6 heteroatoms. The predicted octanol–water partition coefficient (Wildman–Crippen LogP) is 3.79. The van der Waals surface area contributed by atoms with E-state index in [0.29, 0.717) is 18.2 Å². The Morgan fingerprint density at radius 3 is 2.62 bits per heavy atom. The number of aromatic nitrogens is 3. The van der Waals surface area contributed by atoms with Crippen LogP contribution in [0.1, 0.15) is 53.2 Å². The van der Waals surface area contributed by atoms with Crippen LogP contribution in [0, 0.1) is 0 Å². The Morgan fingerprint density at radius 2 is 1.86 bits per heavy atom. The fourth-order valence-corrected chi connectivity index (χ4v) is 4.04. The van der Waals surface area contributed by atoms with Gasteiger partial charge < -0.3 is 10.1 Å². The van der Waals surface area contributed by atoms with Crippen LogP contribution in [0.3, 0.4) is 0 Å². The first-order valence-corrected chi connectivity index (χ1v) is 10.1. The molecule has 0 radical (unpaired) electrons. The van der Waals surface area contributed by atoms with Gasteiger partial charge in [-0.2, -0.15) is 0 Å². The number of methoxy groups -OCH3 is 1. The second-order valence-electron chi connectivity index (χ2n) is 7.53. The average Bonchev–Trinajstić information content (AvgIpc) is 3.24. The second-order valence-corrected chi connectivity index (χ2v) is 7.53. The number of amides is 1. The van der Waals surface area contributed by atoms with Crippen LogP contribution in [0.15, 0.2) is 60.8 Å². The number of rotatable bonds is 6. The van der Waals surface area contributed by atoms with E-state index in [0.717, 1.165) is 30.6 Å². The minimum absolute atomic E-state index is 0.130. The summed E-state index contributed by atoms with van der Waals surface area (Å²) in [5.74, 6) is 1.01. The summed E-state index contributed by atoms with van der Waals surface area (Å²) in [6, 6.07) is 18.4. The van der Waals surface area contributed by atoms with E-state index in [1.165, 1.54) is 12.0 Å². The van der Waals surface area contributed by atoms with Crippen LogP contribution < -0.4 is 10.1 Å². The Labute approximate surface area is 170 Å². The fraction of sp³-hybridized carbons (Fsp3) is 0.348. The van der Waals surface area contributed by atoms with Crippen LogP contribution in [0.2, 0.25) is 0 Å². The van der Waals surface area contributed by atoms with Crippen molar-refractivity contribution in [2.45, 2.75) is 44.2 Å². The lowest BCUT2D eigenvalue weighted by Crippen LogP contribution is -2.41. The Kier molecular flexibility index (Phi) is 5.89. The van der Waals surface area contributed by atoms with Gasteiger partial charge in [-0.25, -0.2) is 4.68 Å². The molecule has 2 aromatic carbocycles. The lowest BCUT2D eigenvalue weighted by Gasteiger charge is -2.32. The zero-order valence-electron chi connectivity index (χ0n) is 16.6. The van der Waals surface area contributed by atoms with Gasteiger partial charge in [0.25, 0.3) is 5.91 Å². The topological polar surface area (TPSA) is 69.0 Å². The van der Waals surface area contributed by atoms with Gasteiger partial charge in [0.15, 0.2) is 5.69 Å². The molecule has 0 unspecified atom stereocenters. The number of carbonyl (C=O) groups is 1. The maximum atomic E-state index is 12.8. The second kappa shape index (κ2) is 8.90. The van der Waals surface area contributed by atoms with Crippen molar-refractivity contribution in [1.29, 1.82) is 0 Å². The van der Waals surface area contributed by atoms with Gasteiger partial charge in [0.1, 0.15) is 5.75 Å². The maximum absolute atomic E-state index is 12.8. The number of benzene rings is 2. The van der Waals surface area contributed by atoms with E-state index in [1.807, 2.05) is 30.3 Å². The molecule has 1 amide bonds. The molecular formula is C23H26N4O2. The summed E-state index contributed by atoms with van der Waals surface area (Å²) >= 11 is 0. The Morgan fingerprint density at radius 1 is 1.10 bits per heavy atom. The van der Waals surface area contributed by atoms with Crippen molar-refractivity contribution in [3.63, 3.8) is 0 Å². The highest BCUT2D eigenvalue weighted by atomic mass is 16.5. The maximum Gasteiger partial charge on any atom is 0.273 e. The third-order valence-corrected chi connectivity index (χ3v) is 5.59. The quantitative estimate of drug-likeness (QED) is 0.695. The first-order chi connectivity index (χ1) is 14.2. The molecule has 150 valence electrons. The summed E-state index contributed by atoms with van der Waals surface area (Å²) in [6.45, 7) is 0.556. The molecule has 2 atom stereocenters. The number of ether oxygens (including phenoxy) is 1. The number of hydrogen-bond donors (Lipinski definition) is 1. The molecule has 0 saturated heterocycles. The van der Waals surface area contributed by atoms with Gasteiger partial charge in [0, 0.05) is 12.0 Å². The van der Waals surface area contributed by atoms with Gasteiger partial charge in [-0.05, 0) is 36.1 Å². The summed E-state index contributed by atoms with van der Waals surface area (Å²) in [6.07, 6.45) is 6.13. The normalized spacial score (nSPS) is 18.9. The van der Waals surface area contributed by atoms with Gasteiger partial charge in [0.2, 0.25) is 0 Å². The van der Waals surface area contributed by atoms with E-state index in [-0.39, 0.29) is 11.9 Å². The van der Waals surface area contributed by atoms with Gasteiger partial charge in [-0.3, -0.25) is 4.79 Å². The van der Waals surface area contributed by atoms with Crippen molar-refractivity contribution in [2.75, 3.05) is 7.11 Å². The monoisotopic (exact) mass is 390 g/mol. The van der Waals surface area contributed by atoms with E-state index in [1.54, 1.807) is 18.0 Å². The molecule has 1 aliphatic carbocycles. The molecule has 1 fully saturated rings. The molecule has 4 rings (SSSR count). The van der Waals surface area contributed by atoms with Crippen LogP contribution in [-0.2, 0) is 6.54 Å². The Hall–Kier alpha value is -3.15. The number of nitrogens with one attached hydrogen (secondary N) is 1. The van der Waals surface area contributed by atoms with Gasteiger partial charge in [0.05, 0.1) is 19.9 Å². The lowest BCUT2D eigenvalue weighted by atomic mass is 9.80. The molecule has 1 aromatic heterocycles. The minimum atomic E-state index is -0.154. The standard InChI is InChI=1S/C23H26N4O2/c1-29-19-13-11-17(12-14-19)15-27-16-22(25-26-27)23(28)24-21-10-6-5-9-20(21)18-7-3-2-4-8-18/h2-4,7-8,11-14,16,20-21H,5-6,9-10,15H2,1H3,(H,24,28)/t20-,21+/m0/s1. The van der Waals surface area contributed by atoms with Gasteiger partial charge in [-0.15, -0.1) is 5.10 Å². The molecule has 0 bridgehead atoms. The van der Waals surface area contributed by atoms with Crippen LogP contribution in [0.5, 0.6) is 5.75 Å². The molecule has 1 aliphatic rings. The highest BCUT2D eigenvalue weighted by Gasteiger charge is 2.28. The minimum Gasteiger partial charge on any atom is -0.497 e. The summed E-state index contributed by atoms with van der Waals surface area (Å²) in [7, 11) is 1.64. The third-order valence-electron chi connectivity index (χ3n) is 5.59. The SMILES string of the molecule is COc1ccc(Cn2cc(C(=O)N[C@@H]3CCCC[C@H]3c3ccccc3)nn2)cc1. The van der Waals surface area contributed by atoms with E-state index in [9.17, 15) is 4.79 Å². The van der Waals surface area contributed by atoms with E-state index in [4.69, 9.17) is 4.74 Å². The fourth-order valence-electron chi connectivity index (χ4n) is 4.04. The van der Waals surface area contributed by atoms with E-state index in [2.05, 4.69) is 39.9 Å². The first-order valence-electron chi connectivity index (χ1n) is 10.1. The van der Waals surface area contributed by atoms with Crippen molar-refractivity contribution in [3.8, 4) is 5.75 Å². The third kappa shape index (κ3) is 4.65.